The molecule has 1 aliphatic carbocycles. The predicted molar refractivity (Wildman–Crippen MR) is 119 cm³/mol. The van der Waals surface area contributed by atoms with Gasteiger partial charge in [0.1, 0.15) is 5.75 Å². The quantitative estimate of drug-likeness (QED) is 0.318. The third kappa shape index (κ3) is 7.31. The average Bonchev–Trinajstić information content (AvgIpc) is 2.66. The molecule has 6 heteroatoms. The van der Waals surface area contributed by atoms with Crippen molar-refractivity contribution in [1.82, 2.24) is 10.6 Å². The van der Waals surface area contributed by atoms with Crippen molar-refractivity contribution in [3.63, 3.8) is 0 Å². The third-order valence-electron chi connectivity index (χ3n) is 4.97. The second kappa shape index (κ2) is 12.4. The zero-order valence-corrected chi connectivity index (χ0v) is 18.5. The van der Waals surface area contributed by atoms with E-state index in [9.17, 15) is 5.11 Å². The monoisotopic (exact) mass is 475 g/mol. The number of hydrogen-bond donors (Lipinski definition) is 3. The maximum atomic E-state index is 10.4. The lowest BCUT2D eigenvalue weighted by molar-refractivity contribution is 0.187. The fourth-order valence-electron chi connectivity index (χ4n) is 3.42. The zero-order valence-electron chi connectivity index (χ0n) is 16.2. The Hall–Kier alpha value is -1.02. The minimum atomic E-state index is -0.615. The first-order chi connectivity index (χ1) is 12.2. The van der Waals surface area contributed by atoms with Crippen LogP contribution in [0.15, 0.2) is 29.3 Å². The highest BCUT2D eigenvalue weighted by molar-refractivity contribution is 14.0. The Morgan fingerprint density at radius 3 is 2.62 bits per heavy atom. The van der Waals surface area contributed by atoms with E-state index in [1.165, 1.54) is 32.1 Å². The molecule has 26 heavy (non-hydrogen) atoms. The normalized spacial score (nSPS) is 21.5. The Labute approximate surface area is 175 Å². The van der Waals surface area contributed by atoms with Crippen LogP contribution in [0.1, 0.15) is 57.6 Å². The van der Waals surface area contributed by atoms with E-state index in [0.29, 0.717) is 12.6 Å². The molecule has 5 nitrogen and oxygen atoms in total. The summed E-state index contributed by atoms with van der Waals surface area (Å²) in [5.74, 6) is 2.41. The summed E-state index contributed by atoms with van der Waals surface area (Å²) >= 11 is 0. The van der Waals surface area contributed by atoms with Crippen LogP contribution in [0.4, 0.5) is 0 Å². The van der Waals surface area contributed by atoms with Crippen LogP contribution in [0, 0.1) is 5.92 Å². The van der Waals surface area contributed by atoms with E-state index >= 15 is 0 Å². The first-order valence-electron chi connectivity index (χ1n) is 9.53. The van der Waals surface area contributed by atoms with Gasteiger partial charge in [0.15, 0.2) is 5.96 Å². The van der Waals surface area contributed by atoms with Gasteiger partial charge in [-0.05, 0) is 43.4 Å². The van der Waals surface area contributed by atoms with Crippen molar-refractivity contribution < 1.29 is 9.84 Å². The fraction of sp³-hybridized carbons (Fsp3) is 0.650. The van der Waals surface area contributed by atoms with E-state index in [-0.39, 0.29) is 24.0 Å². The molecule has 0 amide bonds. The molecule has 0 spiro atoms. The number of nitrogens with one attached hydrogen (secondary N) is 2. The van der Waals surface area contributed by atoms with Gasteiger partial charge in [-0.2, -0.15) is 0 Å². The summed E-state index contributed by atoms with van der Waals surface area (Å²) in [7, 11) is 1.64. The molecule has 1 aromatic carbocycles. The summed E-state index contributed by atoms with van der Waals surface area (Å²) in [5, 5.41) is 17.2. The highest BCUT2D eigenvalue weighted by Crippen LogP contribution is 2.26. The molecule has 0 aliphatic heterocycles. The van der Waals surface area contributed by atoms with Crippen LogP contribution in [0.2, 0.25) is 0 Å². The number of ether oxygens (including phenoxy) is 1. The summed E-state index contributed by atoms with van der Waals surface area (Å²) in [6.07, 6.45) is 5.67. The van der Waals surface area contributed by atoms with Crippen molar-refractivity contribution in [2.45, 2.75) is 58.1 Å². The average molecular weight is 475 g/mol. The molecule has 2 rings (SSSR count). The van der Waals surface area contributed by atoms with Crippen LogP contribution in [0.25, 0.3) is 0 Å². The van der Waals surface area contributed by atoms with Gasteiger partial charge in [-0.25, -0.2) is 0 Å². The van der Waals surface area contributed by atoms with Gasteiger partial charge in [0.05, 0.1) is 19.8 Å². The molecule has 1 aromatic rings. The molecular weight excluding hydrogens is 441 g/mol. The third-order valence-corrected chi connectivity index (χ3v) is 4.97. The van der Waals surface area contributed by atoms with Crippen molar-refractivity contribution in [3.8, 4) is 5.75 Å². The molecular formula is C20H34IN3O2. The molecule has 3 unspecified atom stereocenters. The van der Waals surface area contributed by atoms with Crippen molar-refractivity contribution in [2.24, 2.45) is 10.9 Å². The number of aliphatic imine (C=N–C) groups is 1. The number of aliphatic hydroxyl groups is 1. The minimum Gasteiger partial charge on any atom is -0.497 e. The number of methoxy groups -OCH3 is 1. The molecule has 1 aliphatic rings. The lowest BCUT2D eigenvalue weighted by atomic mass is 9.84. The number of hydrogen-bond acceptors (Lipinski definition) is 3. The second-order valence-electron chi connectivity index (χ2n) is 6.79. The van der Waals surface area contributed by atoms with Crippen LogP contribution in [-0.4, -0.2) is 37.3 Å². The van der Waals surface area contributed by atoms with E-state index in [2.05, 4.69) is 29.5 Å². The molecule has 0 saturated heterocycles. The Morgan fingerprint density at radius 1 is 1.27 bits per heavy atom. The van der Waals surface area contributed by atoms with Crippen molar-refractivity contribution in [2.75, 3.05) is 20.2 Å². The summed E-state index contributed by atoms with van der Waals surface area (Å²) in [5.41, 5.74) is 0.851. The van der Waals surface area contributed by atoms with Gasteiger partial charge in [-0.15, -0.1) is 24.0 Å². The van der Waals surface area contributed by atoms with Crippen molar-refractivity contribution in [1.29, 1.82) is 0 Å². The number of nitrogens with zero attached hydrogens (tertiary/aromatic N) is 1. The predicted octanol–water partition coefficient (Wildman–Crippen LogP) is 3.87. The van der Waals surface area contributed by atoms with E-state index in [1.807, 2.05) is 24.3 Å². The SMILES string of the molecule is CCNC(=NCC(O)c1ccc(OC)cc1)NC1CCCC(CC)C1.I. The molecule has 0 radical (unpaired) electrons. The van der Waals surface area contributed by atoms with E-state index in [0.717, 1.165) is 29.7 Å². The summed E-state index contributed by atoms with van der Waals surface area (Å²) in [6.45, 7) is 5.49. The molecule has 3 N–H and O–H groups in total. The van der Waals surface area contributed by atoms with E-state index in [4.69, 9.17) is 4.74 Å². The van der Waals surface area contributed by atoms with Crippen LogP contribution < -0.4 is 15.4 Å². The highest BCUT2D eigenvalue weighted by Gasteiger charge is 2.21. The van der Waals surface area contributed by atoms with Crippen molar-refractivity contribution in [3.05, 3.63) is 29.8 Å². The van der Waals surface area contributed by atoms with E-state index in [1.54, 1.807) is 7.11 Å². The molecule has 0 aromatic heterocycles. The number of guanidine groups is 1. The molecule has 148 valence electrons. The molecule has 0 heterocycles. The summed E-state index contributed by atoms with van der Waals surface area (Å²) in [4.78, 5) is 4.59. The van der Waals surface area contributed by atoms with Crippen molar-refractivity contribution >= 4 is 29.9 Å². The number of aliphatic hydroxyl groups excluding tert-OH is 1. The van der Waals surface area contributed by atoms with Crippen LogP contribution >= 0.6 is 24.0 Å². The lowest BCUT2D eigenvalue weighted by Crippen LogP contribution is -2.45. The van der Waals surface area contributed by atoms with Gasteiger partial charge in [0, 0.05) is 12.6 Å². The highest BCUT2D eigenvalue weighted by atomic mass is 127. The Balaban J connectivity index is 0.00000338. The summed E-state index contributed by atoms with van der Waals surface area (Å²) < 4.78 is 5.15. The van der Waals surface area contributed by atoms with Gasteiger partial charge in [0.25, 0.3) is 0 Å². The fourth-order valence-corrected chi connectivity index (χ4v) is 3.42. The largest absolute Gasteiger partial charge is 0.497 e. The van der Waals surface area contributed by atoms with Crippen LogP contribution in [0.3, 0.4) is 0 Å². The topological polar surface area (TPSA) is 65.9 Å². The first kappa shape index (κ1) is 23.0. The van der Waals surface area contributed by atoms with Gasteiger partial charge < -0.3 is 20.5 Å². The smallest absolute Gasteiger partial charge is 0.191 e. The maximum absolute atomic E-state index is 10.4. The molecule has 3 atom stereocenters. The van der Waals surface area contributed by atoms with Gasteiger partial charge in [-0.3, -0.25) is 4.99 Å². The van der Waals surface area contributed by atoms with Gasteiger partial charge in [-0.1, -0.05) is 38.3 Å². The Kier molecular flexibility index (Phi) is 11.0. The number of benzene rings is 1. The molecule has 1 saturated carbocycles. The van der Waals surface area contributed by atoms with Gasteiger partial charge >= 0.3 is 0 Å². The Morgan fingerprint density at radius 2 is 2.00 bits per heavy atom. The maximum Gasteiger partial charge on any atom is 0.191 e. The zero-order chi connectivity index (χ0) is 18.1. The summed E-state index contributed by atoms with van der Waals surface area (Å²) in [6, 6.07) is 7.96. The number of halogens is 1. The first-order valence-corrected chi connectivity index (χ1v) is 9.53. The lowest BCUT2D eigenvalue weighted by Gasteiger charge is -2.30. The van der Waals surface area contributed by atoms with Crippen LogP contribution in [0.5, 0.6) is 5.75 Å². The minimum absolute atomic E-state index is 0. The second-order valence-corrected chi connectivity index (χ2v) is 6.79. The molecule has 0 bridgehead atoms. The standard InChI is InChI=1S/C20H33N3O2.HI/c1-4-15-7-6-8-17(13-15)23-20(21-5-2)22-14-19(24)16-9-11-18(25-3)12-10-16;/h9-12,15,17,19,24H,4-8,13-14H2,1-3H3,(H2,21,22,23);1H. The Bertz CT molecular complexity index is 536. The molecule has 1 fully saturated rings. The van der Waals surface area contributed by atoms with E-state index < -0.39 is 6.10 Å². The van der Waals surface area contributed by atoms with Gasteiger partial charge in [0.2, 0.25) is 0 Å². The number of rotatable bonds is 7. The van der Waals surface area contributed by atoms with Crippen LogP contribution in [-0.2, 0) is 0 Å².